The number of amides is 1. The van der Waals surface area contributed by atoms with Crippen LogP contribution in [0.15, 0.2) is 36.4 Å². The van der Waals surface area contributed by atoms with E-state index in [4.69, 9.17) is 10.5 Å². The molecule has 1 heterocycles. The molecule has 5 heteroatoms. The van der Waals surface area contributed by atoms with Crippen molar-refractivity contribution in [3.05, 3.63) is 46.8 Å². The normalized spacial score (nSPS) is 12.4. The molecule has 2 aromatic rings. The van der Waals surface area contributed by atoms with Crippen molar-refractivity contribution in [1.82, 2.24) is 4.90 Å². The molecule has 1 atom stereocenters. The van der Waals surface area contributed by atoms with Crippen LogP contribution in [0.4, 0.5) is 0 Å². The minimum absolute atomic E-state index is 0.0721. The number of methoxy groups -OCH3 is 1. The Morgan fingerprint density at radius 2 is 1.88 bits per heavy atom. The molecule has 1 amide bonds. The summed E-state index contributed by atoms with van der Waals surface area (Å²) < 4.78 is 5.01. The van der Waals surface area contributed by atoms with Crippen molar-refractivity contribution in [2.24, 2.45) is 5.73 Å². The number of hydrogen-bond acceptors (Lipinski definition) is 4. The topological polar surface area (TPSA) is 55.6 Å². The van der Waals surface area contributed by atoms with Crippen LogP contribution in [0.1, 0.15) is 24.3 Å². The van der Waals surface area contributed by atoms with Gasteiger partial charge in [0.25, 0.3) is 0 Å². The molecule has 0 bridgehead atoms. The highest BCUT2D eigenvalue weighted by atomic mass is 32.1. The van der Waals surface area contributed by atoms with E-state index >= 15 is 0 Å². The van der Waals surface area contributed by atoms with Crippen molar-refractivity contribution in [2.45, 2.75) is 39.4 Å². The summed E-state index contributed by atoms with van der Waals surface area (Å²) in [4.78, 5) is 16.7. The second-order valence-electron chi connectivity index (χ2n) is 6.25. The summed E-state index contributed by atoms with van der Waals surface area (Å²) in [6.45, 7) is 6.91. The Hall–Kier alpha value is -1.69. The van der Waals surface area contributed by atoms with Gasteiger partial charge in [-0.15, -0.1) is 11.3 Å². The lowest BCUT2D eigenvalue weighted by Crippen LogP contribution is -2.48. The van der Waals surface area contributed by atoms with Gasteiger partial charge in [0.2, 0.25) is 5.91 Å². The molecule has 1 unspecified atom stereocenters. The van der Waals surface area contributed by atoms with Crippen LogP contribution in [0.5, 0.6) is 0 Å². The first-order chi connectivity index (χ1) is 11.4. The van der Waals surface area contributed by atoms with Crippen molar-refractivity contribution in [2.75, 3.05) is 13.7 Å². The molecule has 0 saturated carbocycles. The number of thiophene rings is 1. The number of nitrogens with zero attached hydrogens (tertiary/aromatic N) is 1. The number of ether oxygens (including phenoxy) is 1. The van der Waals surface area contributed by atoms with Crippen molar-refractivity contribution in [1.29, 1.82) is 0 Å². The summed E-state index contributed by atoms with van der Waals surface area (Å²) in [5.41, 5.74) is 8.37. The van der Waals surface area contributed by atoms with E-state index in [-0.39, 0.29) is 18.6 Å². The Morgan fingerprint density at radius 1 is 1.21 bits per heavy atom. The molecule has 0 aliphatic rings. The Bertz CT molecular complexity index is 664. The van der Waals surface area contributed by atoms with Crippen LogP contribution in [0.2, 0.25) is 0 Å². The van der Waals surface area contributed by atoms with Gasteiger partial charge < -0.3 is 15.4 Å². The van der Waals surface area contributed by atoms with Crippen LogP contribution >= 0.6 is 11.3 Å². The number of benzene rings is 1. The number of nitrogens with two attached hydrogens (primary N) is 1. The minimum atomic E-state index is -0.617. The van der Waals surface area contributed by atoms with Gasteiger partial charge in [0.1, 0.15) is 6.04 Å². The fourth-order valence-electron chi connectivity index (χ4n) is 2.48. The van der Waals surface area contributed by atoms with E-state index < -0.39 is 6.04 Å². The predicted molar refractivity (Wildman–Crippen MR) is 100 cm³/mol. The average molecular weight is 346 g/mol. The maximum absolute atomic E-state index is 12.5. The number of aryl methyl sites for hydroxylation is 1. The molecular formula is C19H26N2O2S. The van der Waals surface area contributed by atoms with Gasteiger partial charge in [0.05, 0.1) is 13.2 Å². The Labute approximate surface area is 148 Å². The lowest BCUT2D eigenvalue weighted by Gasteiger charge is -2.28. The van der Waals surface area contributed by atoms with Crippen LogP contribution in [-0.4, -0.2) is 36.6 Å². The number of rotatable bonds is 7. The van der Waals surface area contributed by atoms with Crippen molar-refractivity contribution in [3.8, 4) is 10.4 Å². The first-order valence-electron chi connectivity index (χ1n) is 8.13. The summed E-state index contributed by atoms with van der Waals surface area (Å²) >= 11 is 1.71. The first-order valence-corrected chi connectivity index (χ1v) is 8.94. The Balaban J connectivity index is 2.13. The summed E-state index contributed by atoms with van der Waals surface area (Å²) in [6.07, 6.45) is 0. The molecule has 0 aliphatic heterocycles. The fraction of sp³-hybridized carbons (Fsp3) is 0.421. The monoisotopic (exact) mass is 346 g/mol. The molecule has 1 aromatic heterocycles. The van der Waals surface area contributed by atoms with E-state index in [1.165, 1.54) is 16.0 Å². The zero-order valence-corrected chi connectivity index (χ0v) is 15.6. The van der Waals surface area contributed by atoms with Crippen molar-refractivity contribution >= 4 is 17.2 Å². The number of carbonyl (C=O) groups is 1. The van der Waals surface area contributed by atoms with Crippen molar-refractivity contribution in [3.63, 3.8) is 0 Å². The van der Waals surface area contributed by atoms with Crippen LogP contribution in [-0.2, 0) is 16.1 Å². The van der Waals surface area contributed by atoms with Crippen molar-refractivity contribution < 1.29 is 9.53 Å². The third kappa shape index (κ3) is 4.66. The van der Waals surface area contributed by atoms with Gasteiger partial charge in [-0.3, -0.25) is 4.79 Å². The summed E-state index contributed by atoms with van der Waals surface area (Å²) in [5.74, 6) is -0.0721. The van der Waals surface area contributed by atoms with Gasteiger partial charge in [0, 0.05) is 22.9 Å². The van der Waals surface area contributed by atoms with Gasteiger partial charge in [-0.1, -0.05) is 29.8 Å². The predicted octanol–water partition coefficient (Wildman–Crippen LogP) is 3.43. The fourth-order valence-corrected chi connectivity index (χ4v) is 3.49. The van der Waals surface area contributed by atoms with E-state index in [1.54, 1.807) is 18.4 Å². The molecule has 0 spiro atoms. The van der Waals surface area contributed by atoms with Gasteiger partial charge in [0.15, 0.2) is 0 Å². The van der Waals surface area contributed by atoms with E-state index in [9.17, 15) is 4.79 Å². The third-order valence-electron chi connectivity index (χ3n) is 3.89. The van der Waals surface area contributed by atoms with Gasteiger partial charge >= 0.3 is 0 Å². The van der Waals surface area contributed by atoms with E-state index in [1.807, 2.05) is 18.7 Å². The van der Waals surface area contributed by atoms with Crippen LogP contribution < -0.4 is 5.73 Å². The molecule has 1 aromatic carbocycles. The molecule has 130 valence electrons. The molecule has 0 saturated heterocycles. The zero-order valence-electron chi connectivity index (χ0n) is 14.8. The first kappa shape index (κ1) is 18.6. The molecule has 24 heavy (non-hydrogen) atoms. The SMILES string of the molecule is COCC(N)C(=O)N(Cc1ccc(-c2ccc(C)cc2)s1)C(C)C. The number of carbonyl (C=O) groups excluding carboxylic acids is 1. The standard InChI is InChI=1S/C19H26N2O2S/c1-13(2)21(19(22)17(20)12-23-4)11-16-9-10-18(24-16)15-7-5-14(3)6-8-15/h5-10,13,17H,11-12,20H2,1-4H3. The molecule has 0 fully saturated rings. The minimum Gasteiger partial charge on any atom is -0.383 e. The zero-order chi connectivity index (χ0) is 17.7. The highest BCUT2D eigenvalue weighted by Gasteiger charge is 2.24. The largest absolute Gasteiger partial charge is 0.383 e. The summed E-state index contributed by atoms with van der Waals surface area (Å²) in [5, 5.41) is 0. The summed E-state index contributed by atoms with van der Waals surface area (Å²) in [6, 6.07) is 12.2. The highest BCUT2D eigenvalue weighted by Crippen LogP contribution is 2.29. The number of hydrogen-bond donors (Lipinski definition) is 1. The van der Waals surface area contributed by atoms with Gasteiger partial charge in [-0.25, -0.2) is 0 Å². The molecule has 2 rings (SSSR count). The molecule has 2 N–H and O–H groups in total. The maximum atomic E-state index is 12.5. The molecule has 0 aliphatic carbocycles. The quantitative estimate of drug-likeness (QED) is 0.835. The van der Waals surface area contributed by atoms with Gasteiger partial charge in [-0.2, -0.15) is 0 Å². The van der Waals surface area contributed by atoms with Crippen LogP contribution in [0, 0.1) is 6.92 Å². The van der Waals surface area contributed by atoms with E-state index in [0.29, 0.717) is 6.54 Å². The van der Waals surface area contributed by atoms with Gasteiger partial charge in [-0.05, 0) is 38.5 Å². The Kier molecular flexibility index (Phi) is 6.54. The lowest BCUT2D eigenvalue weighted by molar-refractivity contribution is -0.136. The van der Waals surface area contributed by atoms with Crippen LogP contribution in [0.25, 0.3) is 10.4 Å². The average Bonchev–Trinajstić information content (AvgIpc) is 3.01. The van der Waals surface area contributed by atoms with Crippen LogP contribution in [0.3, 0.4) is 0 Å². The third-order valence-corrected chi connectivity index (χ3v) is 5.01. The lowest BCUT2D eigenvalue weighted by atomic mass is 10.1. The highest BCUT2D eigenvalue weighted by molar-refractivity contribution is 7.15. The van der Waals surface area contributed by atoms with E-state index in [0.717, 1.165) is 4.88 Å². The smallest absolute Gasteiger partial charge is 0.242 e. The second kappa shape index (κ2) is 8.42. The second-order valence-corrected chi connectivity index (χ2v) is 7.42. The summed E-state index contributed by atoms with van der Waals surface area (Å²) in [7, 11) is 1.56. The molecule has 4 nitrogen and oxygen atoms in total. The maximum Gasteiger partial charge on any atom is 0.242 e. The Morgan fingerprint density at radius 3 is 2.46 bits per heavy atom. The molecular weight excluding hydrogens is 320 g/mol. The molecule has 0 radical (unpaired) electrons. The van der Waals surface area contributed by atoms with E-state index in [2.05, 4.69) is 43.3 Å².